The molecule has 6 nitrogen and oxygen atoms in total. The lowest BCUT2D eigenvalue weighted by molar-refractivity contribution is 0.0956. The molecular formula is C26H22BrN3O3. The lowest BCUT2D eigenvalue weighted by Crippen LogP contribution is -2.18. The number of carbonyl (C=O) groups is 1. The number of benzene rings is 3. The molecule has 0 bridgehead atoms. The summed E-state index contributed by atoms with van der Waals surface area (Å²) in [5.74, 6) is 0.890. The van der Waals surface area contributed by atoms with Gasteiger partial charge in [-0.3, -0.25) is 4.79 Å². The van der Waals surface area contributed by atoms with Crippen LogP contribution in [0, 0.1) is 0 Å². The monoisotopic (exact) mass is 503 g/mol. The van der Waals surface area contributed by atoms with E-state index in [1.54, 1.807) is 25.5 Å². The van der Waals surface area contributed by atoms with Crippen molar-refractivity contribution >= 4 is 39.0 Å². The van der Waals surface area contributed by atoms with E-state index in [4.69, 9.17) is 14.5 Å². The number of amides is 1. The number of aromatic nitrogens is 1. The summed E-state index contributed by atoms with van der Waals surface area (Å²) in [6.45, 7) is 2.43. The van der Waals surface area contributed by atoms with Crippen LogP contribution in [-0.4, -0.2) is 30.8 Å². The quantitative estimate of drug-likeness (QED) is 0.254. The van der Waals surface area contributed by atoms with Gasteiger partial charge in [0.15, 0.2) is 11.5 Å². The topological polar surface area (TPSA) is 72.8 Å². The number of methoxy groups -OCH3 is 1. The Morgan fingerprint density at radius 3 is 2.58 bits per heavy atom. The molecule has 1 heterocycles. The highest BCUT2D eigenvalue weighted by molar-refractivity contribution is 9.10. The lowest BCUT2D eigenvalue weighted by Gasteiger charge is -2.11. The van der Waals surface area contributed by atoms with Crippen LogP contribution >= 0.6 is 15.9 Å². The Morgan fingerprint density at radius 2 is 1.82 bits per heavy atom. The zero-order valence-corrected chi connectivity index (χ0v) is 19.8. The van der Waals surface area contributed by atoms with E-state index in [2.05, 4.69) is 26.5 Å². The van der Waals surface area contributed by atoms with Crippen LogP contribution in [0.15, 0.2) is 82.4 Å². The Bertz CT molecular complexity index is 1320. The van der Waals surface area contributed by atoms with Crippen LogP contribution in [0.1, 0.15) is 22.8 Å². The summed E-state index contributed by atoms with van der Waals surface area (Å²) in [4.78, 5) is 17.8. The number of carbonyl (C=O) groups excluding carboxylic acids is 1. The van der Waals surface area contributed by atoms with Gasteiger partial charge in [-0.25, -0.2) is 10.4 Å². The molecule has 0 aliphatic heterocycles. The summed E-state index contributed by atoms with van der Waals surface area (Å²) in [6, 6.07) is 22.7. The first-order chi connectivity index (χ1) is 16.1. The molecule has 166 valence electrons. The van der Waals surface area contributed by atoms with E-state index in [0.717, 1.165) is 32.2 Å². The first kappa shape index (κ1) is 22.5. The zero-order valence-electron chi connectivity index (χ0n) is 18.2. The number of rotatable bonds is 7. The number of fused-ring (bicyclic) bond motifs is 1. The van der Waals surface area contributed by atoms with Gasteiger partial charge in [0.2, 0.25) is 0 Å². The summed E-state index contributed by atoms with van der Waals surface area (Å²) >= 11 is 3.51. The second-order valence-electron chi connectivity index (χ2n) is 7.09. The Morgan fingerprint density at radius 1 is 1.06 bits per heavy atom. The molecule has 1 N–H and O–H groups in total. The van der Waals surface area contributed by atoms with Gasteiger partial charge in [-0.2, -0.15) is 5.10 Å². The first-order valence-corrected chi connectivity index (χ1v) is 11.2. The van der Waals surface area contributed by atoms with Crippen LogP contribution in [0.25, 0.3) is 22.2 Å². The molecule has 0 saturated heterocycles. The van der Waals surface area contributed by atoms with Gasteiger partial charge in [-0.15, -0.1) is 0 Å². The number of nitrogens with one attached hydrogen (secondary N) is 1. The van der Waals surface area contributed by atoms with Gasteiger partial charge in [0, 0.05) is 21.0 Å². The second-order valence-corrected chi connectivity index (χ2v) is 7.95. The van der Waals surface area contributed by atoms with Gasteiger partial charge in [0.25, 0.3) is 5.91 Å². The van der Waals surface area contributed by atoms with Gasteiger partial charge in [-0.1, -0.05) is 48.5 Å². The summed E-state index contributed by atoms with van der Waals surface area (Å²) in [5, 5.41) is 4.93. The second kappa shape index (κ2) is 10.3. The van der Waals surface area contributed by atoms with E-state index in [-0.39, 0.29) is 5.91 Å². The third-order valence-electron chi connectivity index (χ3n) is 4.98. The molecule has 0 fully saturated rings. The van der Waals surface area contributed by atoms with Crippen molar-refractivity contribution in [1.29, 1.82) is 0 Å². The summed E-state index contributed by atoms with van der Waals surface area (Å²) in [6.07, 6.45) is 1.56. The standard InChI is InChI=1S/C26H22BrN3O3/c1-3-33-25-15-21(27)18(13-24(25)32-2)16-28-30-26(31)20-14-23(17-9-5-4-6-10-17)29-22-12-8-7-11-19(20)22/h4-16H,3H2,1-2H3,(H,30,31)/b28-16+. The van der Waals surface area contributed by atoms with Crippen molar-refractivity contribution in [2.45, 2.75) is 6.92 Å². The molecule has 0 aliphatic rings. The number of ether oxygens (including phenoxy) is 2. The number of hydrazone groups is 1. The van der Waals surface area contributed by atoms with E-state index >= 15 is 0 Å². The largest absolute Gasteiger partial charge is 0.493 e. The number of nitrogens with zero attached hydrogens (tertiary/aromatic N) is 2. The average molecular weight is 504 g/mol. The number of hydrogen-bond acceptors (Lipinski definition) is 5. The smallest absolute Gasteiger partial charge is 0.272 e. The van der Waals surface area contributed by atoms with Crippen LogP contribution in [0.4, 0.5) is 0 Å². The third-order valence-corrected chi connectivity index (χ3v) is 5.67. The minimum atomic E-state index is -0.323. The molecule has 4 rings (SSSR count). The normalized spacial score (nSPS) is 11.0. The van der Waals surface area contributed by atoms with Gasteiger partial charge in [0.05, 0.1) is 36.7 Å². The number of hydrogen-bond donors (Lipinski definition) is 1. The van der Waals surface area contributed by atoms with E-state index < -0.39 is 0 Å². The molecule has 0 atom stereocenters. The maximum Gasteiger partial charge on any atom is 0.272 e. The predicted molar refractivity (Wildman–Crippen MR) is 134 cm³/mol. The molecular weight excluding hydrogens is 482 g/mol. The SMILES string of the molecule is CCOc1cc(Br)c(/C=N/NC(=O)c2cc(-c3ccccc3)nc3ccccc23)cc1OC. The molecule has 0 radical (unpaired) electrons. The molecule has 3 aromatic carbocycles. The number of halogens is 1. The molecule has 1 aromatic heterocycles. The van der Waals surface area contributed by atoms with Crippen LogP contribution in [-0.2, 0) is 0 Å². The fourth-order valence-corrected chi connectivity index (χ4v) is 3.84. The Labute approximate surface area is 200 Å². The lowest BCUT2D eigenvalue weighted by atomic mass is 10.0. The molecule has 33 heavy (non-hydrogen) atoms. The number of pyridine rings is 1. The van der Waals surface area contributed by atoms with E-state index in [0.29, 0.717) is 23.7 Å². The Kier molecular flexibility index (Phi) is 7.00. The van der Waals surface area contributed by atoms with Crippen LogP contribution in [0.3, 0.4) is 0 Å². The molecule has 0 aliphatic carbocycles. The van der Waals surface area contributed by atoms with Gasteiger partial charge in [-0.05, 0) is 47.1 Å². The molecule has 4 aromatic rings. The van der Waals surface area contributed by atoms with Crippen molar-refractivity contribution in [1.82, 2.24) is 10.4 Å². The highest BCUT2D eigenvalue weighted by Gasteiger charge is 2.14. The number of para-hydroxylation sites is 1. The third kappa shape index (κ3) is 5.04. The van der Waals surface area contributed by atoms with Crippen molar-refractivity contribution in [2.75, 3.05) is 13.7 Å². The predicted octanol–water partition coefficient (Wildman–Crippen LogP) is 5.84. The van der Waals surface area contributed by atoms with Gasteiger partial charge in [0.1, 0.15) is 0 Å². The van der Waals surface area contributed by atoms with Crippen molar-refractivity contribution in [3.05, 3.63) is 88.4 Å². The van der Waals surface area contributed by atoms with E-state index in [1.165, 1.54) is 0 Å². The first-order valence-electron chi connectivity index (χ1n) is 10.4. The van der Waals surface area contributed by atoms with Crippen molar-refractivity contribution in [2.24, 2.45) is 5.10 Å². The molecule has 0 saturated carbocycles. The molecule has 0 unspecified atom stereocenters. The fraction of sp³-hybridized carbons (Fsp3) is 0.115. The highest BCUT2D eigenvalue weighted by atomic mass is 79.9. The van der Waals surface area contributed by atoms with Crippen LogP contribution < -0.4 is 14.9 Å². The van der Waals surface area contributed by atoms with Gasteiger partial charge < -0.3 is 9.47 Å². The zero-order chi connectivity index (χ0) is 23.2. The average Bonchev–Trinajstić information content (AvgIpc) is 2.85. The Balaban J connectivity index is 1.63. The minimum Gasteiger partial charge on any atom is -0.493 e. The minimum absolute atomic E-state index is 0.323. The summed E-state index contributed by atoms with van der Waals surface area (Å²) < 4.78 is 11.7. The van der Waals surface area contributed by atoms with Crippen molar-refractivity contribution < 1.29 is 14.3 Å². The molecule has 1 amide bonds. The maximum atomic E-state index is 13.1. The molecule has 7 heteroatoms. The summed E-state index contributed by atoms with van der Waals surface area (Å²) in [7, 11) is 1.58. The van der Waals surface area contributed by atoms with Crippen LogP contribution in [0.5, 0.6) is 11.5 Å². The molecule has 0 spiro atoms. The van der Waals surface area contributed by atoms with Gasteiger partial charge >= 0.3 is 0 Å². The maximum absolute atomic E-state index is 13.1. The summed E-state index contributed by atoms with van der Waals surface area (Å²) in [5.41, 5.74) is 6.27. The fourth-order valence-electron chi connectivity index (χ4n) is 3.42. The highest BCUT2D eigenvalue weighted by Crippen LogP contribution is 2.33. The van der Waals surface area contributed by atoms with E-state index in [9.17, 15) is 4.79 Å². The van der Waals surface area contributed by atoms with Crippen LogP contribution in [0.2, 0.25) is 0 Å². The van der Waals surface area contributed by atoms with E-state index in [1.807, 2.05) is 67.6 Å². The van der Waals surface area contributed by atoms with Crippen molar-refractivity contribution in [3.8, 4) is 22.8 Å². The van der Waals surface area contributed by atoms with Crippen molar-refractivity contribution in [3.63, 3.8) is 0 Å². The Hall–Kier alpha value is -3.71.